The summed E-state index contributed by atoms with van der Waals surface area (Å²) >= 11 is 0. The molecule has 0 aromatic rings. The van der Waals surface area contributed by atoms with Crippen molar-refractivity contribution in [3.05, 3.63) is 0 Å². The molecule has 0 radical (unpaired) electrons. The standard InChI is InChI=1S/C10H22N2O/c1-3-5-10(13-4-2)6-8-12(11)9-7-10/h3-9,11H2,1-2H3. The molecule has 1 rings (SSSR count). The van der Waals surface area contributed by atoms with E-state index in [0.717, 1.165) is 32.5 Å². The molecule has 0 aromatic heterocycles. The summed E-state index contributed by atoms with van der Waals surface area (Å²) in [6.07, 6.45) is 4.55. The maximum atomic E-state index is 5.88. The highest BCUT2D eigenvalue weighted by Gasteiger charge is 2.33. The van der Waals surface area contributed by atoms with Gasteiger partial charge in [0.2, 0.25) is 0 Å². The Labute approximate surface area is 81.2 Å². The first-order valence-corrected chi connectivity index (χ1v) is 5.36. The number of hydrazine groups is 1. The molecule has 0 spiro atoms. The van der Waals surface area contributed by atoms with E-state index in [9.17, 15) is 0 Å². The van der Waals surface area contributed by atoms with Crippen molar-refractivity contribution in [1.82, 2.24) is 5.01 Å². The van der Waals surface area contributed by atoms with E-state index in [-0.39, 0.29) is 5.60 Å². The van der Waals surface area contributed by atoms with Gasteiger partial charge in [0.15, 0.2) is 0 Å². The molecule has 2 N–H and O–H groups in total. The van der Waals surface area contributed by atoms with Crippen LogP contribution in [0, 0.1) is 0 Å². The zero-order valence-corrected chi connectivity index (χ0v) is 8.88. The molecule has 3 nitrogen and oxygen atoms in total. The summed E-state index contributed by atoms with van der Waals surface area (Å²) in [5.41, 5.74) is 0.138. The molecule has 0 aromatic carbocycles. The minimum atomic E-state index is 0.138. The highest BCUT2D eigenvalue weighted by atomic mass is 16.5. The summed E-state index contributed by atoms with van der Waals surface area (Å²) in [7, 11) is 0. The summed E-state index contributed by atoms with van der Waals surface area (Å²) < 4.78 is 5.88. The zero-order valence-electron chi connectivity index (χ0n) is 8.88. The van der Waals surface area contributed by atoms with E-state index in [4.69, 9.17) is 10.6 Å². The molecule has 1 saturated heterocycles. The van der Waals surface area contributed by atoms with Crippen LogP contribution in [0.2, 0.25) is 0 Å². The van der Waals surface area contributed by atoms with Crippen LogP contribution in [0.3, 0.4) is 0 Å². The van der Waals surface area contributed by atoms with Gasteiger partial charge in [-0.1, -0.05) is 13.3 Å². The molecule has 13 heavy (non-hydrogen) atoms. The molecule has 1 fully saturated rings. The Balaban J connectivity index is 2.47. The van der Waals surface area contributed by atoms with Crippen LogP contribution in [-0.2, 0) is 4.74 Å². The van der Waals surface area contributed by atoms with Gasteiger partial charge < -0.3 is 4.74 Å². The molecule has 0 unspecified atom stereocenters. The summed E-state index contributed by atoms with van der Waals surface area (Å²) in [6, 6.07) is 0. The van der Waals surface area contributed by atoms with Crippen molar-refractivity contribution in [1.29, 1.82) is 0 Å². The molecule has 1 heterocycles. The summed E-state index contributed by atoms with van der Waals surface area (Å²) in [4.78, 5) is 0. The van der Waals surface area contributed by atoms with E-state index < -0.39 is 0 Å². The van der Waals surface area contributed by atoms with Crippen LogP contribution in [0.5, 0.6) is 0 Å². The molecular formula is C10H22N2O. The first-order valence-electron chi connectivity index (χ1n) is 5.36. The summed E-state index contributed by atoms with van der Waals surface area (Å²) in [6.45, 7) is 7.06. The average molecular weight is 186 g/mol. The van der Waals surface area contributed by atoms with E-state index in [1.807, 2.05) is 5.01 Å². The van der Waals surface area contributed by atoms with Gasteiger partial charge in [-0.25, -0.2) is 5.01 Å². The highest BCUT2D eigenvalue weighted by Crippen LogP contribution is 2.29. The number of ether oxygens (including phenoxy) is 1. The second-order valence-electron chi connectivity index (χ2n) is 3.90. The lowest BCUT2D eigenvalue weighted by atomic mass is 9.87. The Kier molecular flexibility index (Phi) is 4.16. The van der Waals surface area contributed by atoms with Crippen LogP contribution in [-0.4, -0.2) is 30.3 Å². The van der Waals surface area contributed by atoms with Gasteiger partial charge in [0.1, 0.15) is 0 Å². The van der Waals surface area contributed by atoms with Crippen molar-refractivity contribution in [2.45, 2.75) is 45.1 Å². The van der Waals surface area contributed by atoms with Crippen LogP contribution in [0.15, 0.2) is 0 Å². The maximum Gasteiger partial charge on any atom is 0.0707 e. The van der Waals surface area contributed by atoms with E-state index in [1.165, 1.54) is 12.8 Å². The van der Waals surface area contributed by atoms with Crippen LogP contribution in [0.1, 0.15) is 39.5 Å². The highest BCUT2D eigenvalue weighted by molar-refractivity contribution is 4.85. The van der Waals surface area contributed by atoms with E-state index in [1.54, 1.807) is 0 Å². The molecule has 0 aliphatic carbocycles. The van der Waals surface area contributed by atoms with Crippen LogP contribution >= 0.6 is 0 Å². The number of piperidine rings is 1. The normalized spacial score (nSPS) is 23.3. The summed E-state index contributed by atoms with van der Waals surface area (Å²) in [5, 5.41) is 1.90. The number of hydrogen-bond acceptors (Lipinski definition) is 3. The second-order valence-corrected chi connectivity index (χ2v) is 3.90. The summed E-state index contributed by atoms with van der Waals surface area (Å²) in [5.74, 6) is 5.73. The zero-order chi connectivity index (χ0) is 9.73. The van der Waals surface area contributed by atoms with Gasteiger partial charge in [-0.2, -0.15) is 0 Å². The Morgan fingerprint density at radius 2 is 1.92 bits per heavy atom. The van der Waals surface area contributed by atoms with Crippen molar-refractivity contribution in [2.24, 2.45) is 5.84 Å². The second kappa shape index (κ2) is 4.94. The van der Waals surface area contributed by atoms with E-state index >= 15 is 0 Å². The minimum Gasteiger partial charge on any atom is -0.375 e. The SMILES string of the molecule is CCCC1(OCC)CCN(N)CC1. The number of nitrogens with two attached hydrogens (primary N) is 1. The van der Waals surface area contributed by atoms with Crippen molar-refractivity contribution >= 4 is 0 Å². The van der Waals surface area contributed by atoms with Gasteiger partial charge >= 0.3 is 0 Å². The lowest BCUT2D eigenvalue weighted by molar-refractivity contribution is -0.0849. The third kappa shape index (κ3) is 2.93. The molecular weight excluding hydrogens is 164 g/mol. The number of rotatable bonds is 4. The third-order valence-corrected chi connectivity index (χ3v) is 2.87. The van der Waals surface area contributed by atoms with Gasteiger partial charge in [0.25, 0.3) is 0 Å². The van der Waals surface area contributed by atoms with Crippen molar-refractivity contribution in [3.63, 3.8) is 0 Å². The lowest BCUT2D eigenvalue weighted by Crippen LogP contribution is -2.48. The topological polar surface area (TPSA) is 38.5 Å². The van der Waals surface area contributed by atoms with Crippen molar-refractivity contribution in [3.8, 4) is 0 Å². The van der Waals surface area contributed by atoms with E-state index in [0.29, 0.717) is 0 Å². The van der Waals surface area contributed by atoms with Gasteiger partial charge in [-0.3, -0.25) is 5.84 Å². The fourth-order valence-electron chi connectivity index (χ4n) is 2.16. The fourth-order valence-corrected chi connectivity index (χ4v) is 2.16. The molecule has 1 aliphatic heterocycles. The van der Waals surface area contributed by atoms with Gasteiger partial charge in [-0.15, -0.1) is 0 Å². The minimum absolute atomic E-state index is 0.138. The number of hydrogen-bond donors (Lipinski definition) is 1. The first kappa shape index (κ1) is 11.0. The smallest absolute Gasteiger partial charge is 0.0707 e. The Morgan fingerprint density at radius 3 is 2.38 bits per heavy atom. The lowest BCUT2D eigenvalue weighted by Gasteiger charge is -2.40. The van der Waals surface area contributed by atoms with Crippen LogP contribution < -0.4 is 5.84 Å². The first-order chi connectivity index (χ1) is 6.22. The average Bonchev–Trinajstić information content (AvgIpc) is 2.11. The molecule has 0 saturated carbocycles. The predicted molar refractivity (Wildman–Crippen MR) is 54.3 cm³/mol. The van der Waals surface area contributed by atoms with Crippen molar-refractivity contribution < 1.29 is 4.74 Å². The molecule has 3 heteroatoms. The largest absolute Gasteiger partial charge is 0.375 e. The Hall–Kier alpha value is -0.120. The van der Waals surface area contributed by atoms with Gasteiger partial charge in [-0.05, 0) is 26.2 Å². The monoisotopic (exact) mass is 186 g/mol. The van der Waals surface area contributed by atoms with E-state index in [2.05, 4.69) is 13.8 Å². The fraction of sp³-hybridized carbons (Fsp3) is 1.00. The molecule has 1 aliphatic rings. The van der Waals surface area contributed by atoms with Gasteiger partial charge in [0.05, 0.1) is 5.60 Å². The molecule has 0 bridgehead atoms. The molecule has 78 valence electrons. The Morgan fingerprint density at radius 1 is 1.31 bits per heavy atom. The number of nitrogens with zero attached hydrogens (tertiary/aromatic N) is 1. The van der Waals surface area contributed by atoms with Crippen LogP contribution in [0.4, 0.5) is 0 Å². The van der Waals surface area contributed by atoms with Gasteiger partial charge in [0, 0.05) is 19.7 Å². The predicted octanol–water partition coefficient (Wildman–Crippen LogP) is 1.53. The third-order valence-electron chi connectivity index (χ3n) is 2.87. The quantitative estimate of drug-likeness (QED) is 0.677. The maximum absolute atomic E-state index is 5.88. The molecule has 0 atom stereocenters. The van der Waals surface area contributed by atoms with Crippen molar-refractivity contribution in [2.75, 3.05) is 19.7 Å². The molecule has 0 amide bonds. The Bertz CT molecular complexity index is 134. The van der Waals surface area contributed by atoms with Crippen LogP contribution in [0.25, 0.3) is 0 Å².